The maximum atomic E-state index is 12.0. The molecular weight excluding hydrogens is 436 g/mol. The Bertz CT molecular complexity index is 1100. The lowest BCUT2D eigenvalue weighted by Gasteiger charge is -2.26. The first kappa shape index (κ1) is 23.7. The molecule has 1 fully saturated rings. The number of nitrogens with one attached hydrogen (secondary N) is 1. The molecule has 0 spiro atoms. The lowest BCUT2D eigenvalue weighted by atomic mass is 10.2. The van der Waals surface area contributed by atoms with E-state index in [1.807, 2.05) is 30.3 Å². The molecule has 0 aliphatic carbocycles. The highest BCUT2D eigenvalue weighted by molar-refractivity contribution is 5.96. The molecule has 3 aromatic rings. The maximum absolute atomic E-state index is 12.0. The molecule has 0 atom stereocenters. The lowest BCUT2D eigenvalue weighted by molar-refractivity contribution is -0.825. The van der Waals surface area contributed by atoms with E-state index in [4.69, 9.17) is 14.2 Å². The number of quaternary nitrogens is 1. The number of aromatic nitrogens is 1. The lowest BCUT2D eigenvalue weighted by Crippen LogP contribution is -2.73. The summed E-state index contributed by atoms with van der Waals surface area (Å²) >= 11 is 0. The molecule has 0 bridgehead atoms. The predicted octanol–water partition coefficient (Wildman–Crippen LogP) is 3.12. The fourth-order valence-corrected chi connectivity index (χ4v) is 3.56. The van der Waals surface area contributed by atoms with E-state index in [0.29, 0.717) is 40.9 Å². The third-order valence-corrected chi connectivity index (χ3v) is 5.40. The summed E-state index contributed by atoms with van der Waals surface area (Å²) < 4.78 is 17.1. The van der Waals surface area contributed by atoms with Crippen LogP contribution in [0.1, 0.15) is 17.3 Å². The van der Waals surface area contributed by atoms with Crippen LogP contribution in [0.3, 0.4) is 0 Å². The molecule has 0 radical (unpaired) electrons. The summed E-state index contributed by atoms with van der Waals surface area (Å²) in [7, 11) is 0. The number of carbonyl (C=O) groups excluding carboxylic acids is 1. The molecule has 1 aliphatic heterocycles. The number of anilines is 2. The van der Waals surface area contributed by atoms with Crippen LogP contribution in [-0.2, 0) is 4.74 Å². The quantitative estimate of drug-likeness (QED) is 0.238. The van der Waals surface area contributed by atoms with Crippen LogP contribution in [-0.4, -0.2) is 60.3 Å². The van der Waals surface area contributed by atoms with E-state index in [1.165, 1.54) is 6.92 Å². The van der Waals surface area contributed by atoms with Crippen LogP contribution in [0.4, 0.5) is 17.2 Å². The van der Waals surface area contributed by atoms with E-state index in [-0.39, 0.29) is 11.7 Å². The van der Waals surface area contributed by atoms with Gasteiger partial charge in [0.2, 0.25) is 5.88 Å². The predicted molar refractivity (Wildman–Crippen MR) is 127 cm³/mol. The highest BCUT2D eigenvalue weighted by Gasteiger charge is 2.15. The van der Waals surface area contributed by atoms with Crippen LogP contribution in [0.25, 0.3) is 0 Å². The van der Waals surface area contributed by atoms with Crippen LogP contribution in [0.2, 0.25) is 0 Å². The molecule has 178 valence electrons. The zero-order valence-electron chi connectivity index (χ0n) is 19.1. The molecule has 0 amide bonds. The molecule has 1 aliphatic rings. The number of rotatable bonds is 10. The van der Waals surface area contributed by atoms with Gasteiger partial charge in [-0.25, -0.2) is 5.21 Å². The summed E-state index contributed by atoms with van der Waals surface area (Å²) in [6.07, 6.45) is 0. The number of hydrogen-bond acceptors (Lipinski definition) is 8. The average molecular weight is 466 g/mol. The smallest absolute Gasteiger partial charge is 0.232 e. The Morgan fingerprint density at radius 2 is 1.91 bits per heavy atom. The number of Topliss-reactive ketones (excluding diaryl/α,β-unsaturated/α-hetero) is 1. The summed E-state index contributed by atoms with van der Waals surface area (Å²) in [6.45, 7) is 6.16. The second-order valence-electron chi connectivity index (χ2n) is 7.83. The zero-order valence-corrected chi connectivity index (χ0v) is 19.1. The Kier molecular flexibility index (Phi) is 8.05. The number of ether oxygens (including phenoxy) is 3. The summed E-state index contributed by atoms with van der Waals surface area (Å²) in [5, 5.41) is 13.0. The van der Waals surface area contributed by atoms with E-state index in [9.17, 15) is 10.0 Å². The average Bonchev–Trinajstić information content (AvgIpc) is 2.86. The number of para-hydroxylation sites is 1. The Hall–Kier alpha value is -3.50. The van der Waals surface area contributed by atoms with Gasteiger partial charge in [0.1, 0.15) is 29.6 Å². The topological polar surface area (TPSA) is 110 Å². The molecule has 2 aromatic carbocycles. The van der Waals surface area contributed by atoms with Crippen molar-refractivity contribution in [2.24, 2.45) is 0 Å². The van der Waals surface area contributed by atoms with Gasteiger partial charge in [-0.1, -0.05) is 18.2 Å². The monoisotopic (exact) mass is 465 g/mol. The molecule has 4 N–H and O–H groups in total. The van der Waals surface area contributed by atoms with Gasteiger partial charge in [-0.15, -0.1) is 0 Å². The van der Waals surface area contributed by atoms with Crippen LogP contribution in [0, 0.1) is 0 Å². The minimum atomic E-state index is -0.145. The maximum Gasteiger partial charge on any atom is 0.232 e. The molecule has 34 heavy (non-hydrogen) atoms. The minimum absolute atomic E-state index is 0.145. The Labute approximate surface area is 198 Å². The number of nitrogens with zero attached hydrogens (tertiary/aromatic N) is 2. The molecule has 0 unspecified atom stereocenters. The number of ketones is 1. The van der Waals surface area contributed by atoms with Crippen molar-refractivity contribution in [2.45, 2.75) is 6.92 Å². The Balaban J connectivity index is 1.45. The molecule has 4 rings (SSSR count). The third-order valence-electron chi connectivity index (χ3n) is 5.40. The van der Waals surface area contributed by atoms with E-state index < -0.39 is 0 Å². The number of carbonyl (C=O) groups is 1. The zero-order chi connectivity index (χ0) is 23.8. The third kappa shape index (κ3) is 6.30. The van der Waals surface area contributed by atoms with Crippen molar-refractivity contribution in [3.63, 3.8) is 0 Å². The van der Waals surface area contributed by atoms with Crippen molar-refractivity contribution in [1.29, 1.82) is 0 Å². The molecule has 1 saturated heterocycles. The summed E-state index contributed by atoms with van der Waals surface area (Å²) in [6, 6.07) is 17.9. The van der Waals surface area contributed by atoms with Crippen molar-refractivity contribution in [2.75, 3.05) is 44.8 Å². The van der Waals surface area contributed by atoms with Gasteiger partial charge >= 0.3 is 0 Å². The number of morpholine rings is 1. The van der Waals surface area contributed by atoms with Gasteiger partial charge in [0.05, 0.1) is 18.8 Å². The number of hydrogen-bond donors (Lipinski definition) is 3. The Morgan fingerprint density at radius 1 is 1.12 bits per heavy atom. The van der Waals surface area contributed by atoms with Crippen molar-refractivity contribution in [3.8, 4) is 17.4 Å². The van der Waals surface area contributed by atoms with Crippen LogP contribution in [0.15, 0.2) is 60.7 Å². The largest absolute Gasteiger partial charge is 0.492 e. The van der Waals surface area contributed by atoms with Gasteiger partial charge in [-0.3, -0.25) is 9.69 Å². The molecule has 0 saturated carbocycles. The number of nitrogens with two attached hydrogens (primary N) is 1. The van der Waals surface area contributed by atoms with E-state index >= 15 is 0 Å². The van der Waals surface area contributed by atoms with Gasteiger partial charge in [-0.2, -0.15) is 10.5 Å². The van der Waals surface area contributed by atoms with Gasteiger partial charge in [0.15, 0.2) is 11.5 Å². The highest BCUT2D eigenvalue weighted by Crippen LogP contribution is 2.29. The van der Waals surface area contributed by atoms with Gasteiger partial charge in [0, 0.05) is 25.7 Å². The second-order valence-corrected chi connectivity index (χ2v) is 7.83. The van der Waals surface area contributed by atoms with E-state index in [1.54, 1.807) is 30.3 Å². The van der Waals surface area contributed by atoms with Crippen molar-refractivity contribution < 1.29 is 29.7 Å². The van der Waals surface area contributed by atoms with Crippen molar-refractivity contribution in [3.05, 3.63) is 66.2 Å². The Morgan fingerprint density at radius 3 is 2.65 bits per heavy atom. The van der Waals surface area contributed by atoms with Crippen LogP contribution in [0.5, 0.6) is 17.4 Å². The first-order valence-corrected chi connectivity index (χ1v) is 11.2. The molecule has 9 heteroatoms. The fourth-order valence-electron chi connectivity index (χ4n) is 3.56. The molecular formula is C25H29N4O5+. The van der Waals surface area contributed by atoms with Crippen LogP contribution >= 0.6 is 0 Å². The summed E-state index contributed by atoms with van der Waals surface area (Å²) in [4.78, 5) is 18.8. The van der Waals surface area contributed by atoms with E-state index in [2.05, 4.69) is 15.2 Å². The summed E-state index contributed by atoms with van der Waals surface area (Å²) in [5.74, 6) is 1.78. The SMILES string of the molecule is CC(=O)c1ccc(Nc2ccc(OCCN3CCOCC3)cc2[NH2+]O)nc1Oc1ccccc1. The number of pyridine rings is 1. The van der Waals surface area contributed by atoms with Gasteiger partial charge in [0.25, 0.3) is 0 Å². The van der Waals surface area contributed by atoms with Gasteiger partial charge in [-0.05, 0) is 43.3 Å². The van der Waals surface area contributed by atoms with E-state index in [0.717, 1.165) is 38.3 Å². The minimum Gasteiger partial charge on any atom is -0.492 e. The highest BCUT2D eigenvalue weighted by atomic mass is 16.5. The number of benzene rings is 2. The van der Waals surface area contributed by atoms with Gasteiger partial charge < -0.3 is 19.5 Å². The molecule has 2 heterocycles. The molecule has 1 aromatic heterocycles. The first-order valence-electron chi connectivity index (χ1n) is 11.2. The summed E-state index contributed by atoms with van der Waals surface area (Å²) in [5.41, 5.74) is 2.58. The first-order chi connectivity index (χ1) is 16.6. The normalized spacial score (nSPS) is 13.9. The van der Waals surface area contributed by atoms with Crippen LogP contribution < -0.4 is 20.3 Å². The fraction of sp³-hybridized carbons (Fsp3) is 0.280. The van der Waals surface area contributed by atoms with Crippen molar-refractivity contribution in [1.82, 2.24) is 9.88 Å². The standard InChI is InChI=1S/C25H28N4O5/c1-18(30)21-8-10-24(27-25(21)34-19-5-3-2-4-6-19)26-22-9-7-20(17-23(22)28-31)33-16-13-29-11-14-32-15-12-29/h2-10,17,28,31H,11-16H2,1H3,(H,26,27)/p+1. The molecule has 9 nitrogen and oxygen atoms in total. The van der Waals surface area contributed by atoms with Crippen molar-refractivity contribution >= 4 is 23.0 Å². The second kappa shape index (κ2) is 11.6.